The second-order valence-corrected chi connectivity index (χ2v) is 9.60. The van der Waals surface area contributed by atoms with Crippen LogP contribution in [0.1, 0.15) is 30.0 Å². The van der Waals surface area contributed by atoms with E-state index < -0.39 is 10.0 Å². The zero-order valence-corrected chi connectivity index (χ0v) is 18.7. The summed E-state index contributed by atoms with van der Waals surface area (Å²) < 4.78 is 33.3. The Hall–Kier alpha value is -3.32. The fourth-order valence-corrected chi connectivity index (χ4v) is 5.51. The lowest BCUT2D eigenvalue weighted by Crippen LogP contribution is -2.42. The SMILES string of the molecule is COc1cccc(N(CC(=O)NC2CCCc3ccccc32)S(=O)(=O)c2ccccc2)c1. The number of amides is 1. The molecule has 3 aromatic rings. The molecule has 1 aliphatic rings. The third kappa shape index (κ3) is 4.62. The van der Waals surface area contributed by atoms with Gasteiger partial charge < -0.3 is 10.1 Å². The van der Waals surface area contributed by atoms with Crippen LogP contribution in [0.25, 0.3) is 0 Å². The summed E-state index contributed by atoms with van der Waals surface area (Å²) in [4.78, 5) is 13.2. The van der Waals surface area contributed by atoms with Crippen LogP contribution in [-0.2, 0) is 21.2 Å². The molecule has 3 aromatic carbocycles. The molecule has 32 heavy (non-hydrogen) atoms. The second kappa shape index (κ2) is 9.44. The largest absolute Gasteiger partial charge is 0.497 e. The second-order valence-electron chi connectivity index (χ2n) is 7.74. The number of nitrogens with one attached hydrogen (secondary N) is 1. The highest BCUT2D eigenvalue weighted by Gasteiger charge is 2.29. The minimum atomic E-state index is -3.96. The first kappa shape index (κ1) is 21.9. The van der Waals surface area contributed by atoms with Crippen molar-refractivity contribution in [2.24, 2.45) is 0 Å². The van der Waals surface area contributed by atoms with E-state index in [-0.39, 0.29) is 23.4 Å². The number of hydrogen-bond acceptors (Lipinski definition) is 4. The molecule has 0 saturated heterocycles. The Morgan fingerprint density at radius 3 is 2.56 bits per heavy atom. The topological polar surface area (TPSA) is 75.7 Å². The molecular weight excluding hydrogens is 424 g/mol. The van der Waals surface area contributed by atoms with E-state index in [1.807, 2.05) is 18.2 Å². The van der Waals surface area contributed by atoms with E-state index in [0.29, 0.717) is 11.4 Å². The van der Waals surface area contributed by atoms with Crippen molar-refractivity contribution >= 4 is 21.6 Å². The van der Waals surface area contributed by atoms with Crippen molar-refractivity contribution in [2.75, 3.05) is 18.0 Å². The number of ether oxygens (including phenoxy) is 1. The lowest BCUT2D eigenvalue weighted by molar-refractivity contribution is -0.120. The van der Waals surface area contributed by atoms with Crippen LogP contribution in [0.2, 0.25) is 0 Å². The number of carbonyl (C=O) groups is 1. The van der Waals surface area contributed by atoms with Crippen LogP contribution in [0.15, 0.2) is 83.8 Å². The van der Waals surface area contributed by atoms with Gasteiger partial charge in [0, 0.05) is 6.07 Å². The van der Waals surface area contributed by atoms with Crippen molar-refractivity contribution in [2.45, 2.75) is 30.2 Å². The first-order valence-electron chi connectivity index (χ1n) is 10.6. The van der Waals surface area contributed by atoms with Gasteiger partial charge in [0.15, 0.2) is 0 Å². The van der Waals surface area contributed by atoms with Crippen molar-refractivity contribution in [3.8, 4) is 5.75 Å². The quantitative estimate of drug-likeness (QED) is 0.588. The van der Waals surface area contributed by atoms with Gasteiger partial charge in [0.1, 0.15) is 12.3 Å². The number of hydrogen-bond donors (Lipinski definition) is 1. The molecule has 166 valence electrons. The minimum absolute atomic E-state index is 0.124. The fourth-order valence-electron chi connectivity index (χ4n) is 4.07. The molecule has 0 saturated carbocycles. The smallest absolute Gasteiger partial charge is 0.264 e. The Morgan fingerprint density at radius 1 is 1.03 bits per heavy atom. The molecule has 0 radical (unpaired) electrons. The zero-order chi connectivity index (χ0) is 22.6. The number of rotatable bonds is 7. The summed E-state index contributed by atoms with van der Waals surface area (Å²) in [6.07, 6.45) is 2.79. The van der Waals surface area contributed by atoms with Gasteiger partial charge in [-0.1, -0.05) is 48.5 Å². The van der Waals surface area contributed by atoms with Crippen LogP contribution in [0.5, 0.6) is 5.75 Å². The monoisotopic (exact) mass is 450 g/mol. The summed E-state index contributed by atoms with van der Waals surface area (Å²) in [5.41, 5.74) is 2.70. The average Bonchev–Trinajstić information content (AvgIpc) is 2.83. The maximum atomic E-state index is 13.5. The third-order valence-corrected chi connectivity index (χ3v) is 7.45. The summed E-state index contributed by atoms with van der Waals surface area (Å²) in [6.45, 7) is -0.330. The van der Waals surface area contributed by atoms with Crippen molar-refractivity contribution in [3.63, 3.8) is 0 Å². The van der Waals surface area contributed by atoms with Crippen LogP contribution in [0.3, 0.4) is 0 Å². The molecule has 0 bridgehead atoms. The van der Waals surface area contributed by atoms with Gasteiger partial charge in [-0.2, -0.15) is 0 Å². The number of methoxy groups -OCH3 is 1. The highest BCUT2D eigenvalue weighted by atomic mass is 32.2. The number of nitrogens with zero attached hydrogens (tertiary/aromatic N) is 1. The number of sulfonamides is 1. The molecular formula is C25H26N2O4S. The summed E-state index contributed by atoms with van der Waals surface area (Å²) in [5.74, 6) is 0.159. The predicted molar refractivity (Wildman–Crippen MR) is 124 cm³/mol. The Labute approximate surface area is 188 Å². The van der Waals surface area contributed by atoms with Gasteiger partial charge in [-0.15, -0.1) is 0 Å². The van der Waals surface area contributed by atoms with Crippen molar-refractivity contribution < 1.29 is 17.9 Å². The number of carbonyl (C=O) groups excluding carboxylic acids is 1. The van der Waals surface area contributed by atoms with Gasteiger partial charge in [0.25, 0.3) is 10.0 Å². The van der Waals surface area contributed by atoms with Crippen LogP contribution >= 0.6 is 0 Å². The number of benzene rings is 3. The summed E-state index contributed by atoms with van der Waals surface area (Å²) in [5, 5.41) is 3.05. The van der Waals surface area contributed by atoms with Crippen LogP contribution < -0.4 is 14.4 Å². The van der Waals surface area contributed by atoms with E-state index >= 15 is 0 Å². The van der Waals surface area contributed by atoms with Gasteiger partial charge in [0.2, 0.25) is 5.91 Å². The molecule has 0 fully saturated rings. The molecule has 1 unspecified atom stereocenters. The fraction of sp³-hybridized carbons (Fsp3) is 0.240. The van der Waals surface area contributed by atoms with E-state index in [1.54, 1.807) is 42.5 Å². The van der Waals surface area contributed by atoms with Crippen molar-refractivity contribution in [1.29, 1.82) is 0 Å². The zero-order valence-electron chi connectivity index (χ0n) is 17.9. The van der Waals surface area contributed by atoms with E-state index in [4.69, 9.17) is 4.74 Å². The Balaban J connectivity index is 1.63. The maximum absolute atomic E-state index is 13.5. The summed E-state index contributed by atoms with van der Waals surface area (Å²) in [6, 6.07) is 22.8. The van der Waals surface area contributed by atoms with Gasteiger partial charge in [-0.25, -0.2) is 8.42 Å². The van der Waals surface area contributed by atoms with E-state index in [1.165, 1.54) is 24.8 Å². The Kier molecular flexibility index (Phi) is 6.46. The Bertz CT molecular complexity index is 1200. The van der Waals surface area contributed by atoms with E-state index in [0.717, 1.165) is 29.1 Å². The molecule has 1 atom stereocenters. The molecule has 0 aromatic heterocycles. The normalized spacial score (nSPS) is 15.5. The standard InChI is InChI=1S/C25H26N2O4S/c1-31-21-12-8-11-20(17-21)27(32(29,30)22-13-3-2-4-14-22)18-25(28)26-24-16-7-10-19-9-5-6-15-23(19)24/h2-6,8-9,11-15,17,24H,7,10,16,18H2,1H3,(H,26,28). The average molecular weight is 451 g/mol. The summed E-state index contributed by atoms with van der Waals surface area (Å²) in [7, 11) is -2.44. The maximum Gasteiger partial charge on any atom is 0.264 e. The van der Waals surface area contributed by atoms with Crippen LogP contribution in [0, 0.1) is 0 Å². The molecule has 7 heteroatoms. The third-order valence-electron chi connectivity index (χ3n) is 5.66. The number of aryl methyl sites for hydroxylation is 1. The molecule has 4 rings (SSSR count). The summed E-state index contributed by atoms with van der Waals surface area (Å²) >= 11 is 0. The number of fused-ring (bicyclic) bond motifs is 1. The number of anilines is 1. The predicted octanol–water partition coefficient (Wildman–Crippen LogP) is 4.08. The highest BCUT2D eigenvalue weighted by molar-refractivity contribution is 7.92. The molecule has 0 aliphatic heterocycles. The molecule has 0 heterocycles. The van der Waals surface area contributed by atoms with E-state index in [9.17, 15) is 13.2 Å². The van der Waals surface area contributed by atoms with Crippen LogP contribution in [-0.4, -0.2) is 28.0 Å². The lowest BCUT2D eigenvalue weighted by atomic mass is 9.88. The minimum Gasteiger partial charge on any atom is -0.497 e. The van der Waals surface area contributed by atoms with E-state index in [2.05, 4.69) is 11.4 Å². The van der Waals surface area contributed by atoms with Crippen LogP contribution in [0.4, 0.5) is 5.69 Å². The first-order valence-corrected chi connectivity index (χ1v) is 12.0. The molecule has 1 amide bonds. The lowest BCUT2D eigenvalue weighted by Gasteiger charge is -2.29. The molecule has 1 aliphatic carbocycles. The molecule has 6 nitrogen and oxygen atoms in total. The van der Waals surface area contributed by atoms with Gasteiger partial charge >= 0.3 is 0 Å². The van der Waals surface area contributed by atoms with Crippen molar-refractivity contribution in [1.82, 2.24) is 5.32 Å². The van der Waals surface area contributed by atoms with Gasteiger partial charge in [-0.05, 0) is 54.7 Å². The van der Waals surface area contributed by atoms with Gasteiger partial charge in [-0.3, -0.25) is 9.10 Å². The van der Waals surface area contributed by atoms with Gasteiger partial charge in [0.05, 0.1) is 23.7 Å². The Morgan fingerprint density at radius 2 is 1.78 bits per heavy atom. The molecule has 1 N–H and O–H groups in total. The van der Waals surface area contributed by atoms with Crippen molar-refractivity contribution in [3.05, 3.63) is 90.0 Å². The first-order chi connectivity index (χ1) is 15.5. The molecule has 0 spiro atoms. The highest BCUT2D eigenvalue weighted by Crippen LogP contribution is 2.30.